The smallest absolute Gasteiger partial charge is 0.249 e. The van der Waals surface area contributed by atoms with Gasteiger partial charge in [-0.1, -0.05) is 55.5 Å². The third-order valence-corrected chi connectivity index (χ3v) is 6.79. The van der Waals surface area contributed by atoms with E-state index in [1.54, 1.807) is 27.8 Å². The number of anilines is 1. The number of aromatic nitrogens is 3. The van der Waals surface area contributed by atoms with Gasteiger partial charge in [0.25, 0.3) is 0 Å². The van der Waals surface area contributed by atoms with E-state index in [9.17, 15) is 9.59 Å². The Balaban J connectivity index is 1.59. The molecule has 1 aromatic heterocycles. The monoisotopic (exact) mass is 527 g/mol. The van der Waals surface area contributed by atoms with E-state index in [-0.39, 0.29) is 18.4 Å². The molecule has 0 spiro atoms. The lowest BCUT2D eigenvalue weighted by molar-refractivity contribution is -0.127. The van der Waals surface area contributed by atoms with Crippen LogP contribution in [0.1, 0.15) is 37.4 Å². The quantitative estimate of drug-likeness (QED) is 0.345. The van der Waals surface area contributed by atoms with Crippen LogP contribution < -0.4 is 19.7 Å². The van der Waals surface area contributed by atoms with Crippen molar-refractivity contribution in [3.63, 3.8) is 0 Å². The van der Waals surface area contributed by atoms with Crippen molar-refractivity contribution in [2.75, 3.05) is 24.7 Å². The Bertz CT molecular complexity index is 1480. The fraction of sp³-hybridized carbons (Fsp3) is 0.333. The standard InChI is InChI=1S/C30H33N5O4/c1-20(2)14-15-31-30(37)29(23-9-5-4-8-21(23)3)35(22-12-13-26-27(18-22)39-17-16-38-26)28(36)19-34-25-11-7-6-10-24(25)32-33-34/h4-13,18,20,29H,14-17,19H2,1-3H3,(H,31,37)/t29-/m1/s1. The molecule has 202 valence electrons. The molecule has 2 heterocycles. The van der Waals surface area contributed by atoms with Crippen molar-refractivity contribution >= 4 is 28.5 Å². The summed E-state index contributed by atoms with van der Waals surface area (Å²) in [5, 5.41) is 11.5. The highest BCUT2D eigenvalue weighted by Crippen LogP contribution is 2.37. The Morgan fingerprint density at radius 1 is 1.00 bits per heavy atom. The van der Waals surface area contributed by atoms with Crippen LogP contribution in [0.5, 0.6) is 11.5 Å². The van der Waals surface area contributed by atoms with E-state index >= 15 is 0 Å². The van der Waals surface area contributed by atoms with E-state index < -0.39 is 6.04 Å². The zero-order chi connectivity index (χ0) is 27.4. The lowest BCUT2D eigenvalue weighted by atomic mass is 9.98. The number of hydrogen-bond donors (Lipinski definition) is 1. The van der Waals surface area contributed by atoms with E-state index in [4.69, 9.17) is 9.47 Å². The minimum absolute atomic E-state index is 0.101. The molecule has 5 rings (SSSR count). The molecule has 0 unspecified atom stereocenters. The van der Waals surface area contributed by atoms with Crippen LogP contribution in [0.25, 0.3) is 11.0 Å². The second-order valence-electron chi connectivity index (χ2n) is 10.1. The largest absolute Gasteiger partial charge is 0.486 e. The number of rotatable bonds is 9. The molecule has 1 aliphatic heterocycles. The van der Waals surface area contributed by atoms with Gasteiger partial charge in [-0.2, -0.15) is 0 Å². The van der Waals surface area contributed by atoms with Gasteiger partial charge in [0.05, 0.1) is 5.52 Å². The summed E-state index contributed by atoms with van der Waals surface area (Å²) in [5.74, 6) is 1.00. The highest BCUT2D eigenvalue weighted by Gasteiger charge is 2.34. The van der Waals surface area contributed by atoms with E-state index in [0.29, 0.717) is 48.4 Å². The number of benzene rings is 3. The summed E-state index contributed by atoms with van der Waals surface area (Å²) in [6.07, 6.45) is 0.829. The maximum Gasteiger partial charge on any atom is 0.249 e. The third kappa shape index (κ3) is 5.72. The minimum Gasteiger partial charge on any atom is -0.486 e. The molecule has 0 saturated heterocycles. The Hall–Kier alpha value is -4.40. The summed E-state index contributed by atoms with van der Waals surface area (Å²) >= 11 is 0. The predicted molar refractivity (Wildman–Crippen MR) is 149 cm³/mol. The molecule has 0 fully saturated rings. The van der Waals surface area contributed by atoms with Crippen molar-refractivity contribution in [1.29, 1.82) is 0 Å². The van der Waals surface area contributed by atoms with Crippen LogP contribution >= 0.6 is 0 Å². The molecule has 2 amide bonds. The first-order valence-electron chi connectivity index (χ1n) is 13.3. The summed E-state index contributed by atoms with van der Waals surface area (Å²) < 4.78 is 13.1. The maximum absolute atomic E-state index is 14.2. The average molecular weight is 528 g/mol. The first kappa shape index (κ1) is 26.2. The van der Waals surface area contributed by atoms with Gasteiger partial charge < -0.3 is 14.8 Å². The van der Waals surface area contributed by atoms with Crippen molar-refractivity contribution in [3.8, 4) is 11.5 Å². The van der Waals surface area contributed by atoms with Gasteiger partial charge in [-0.25, -0.2) is 4.68 Å². The van der Waals surface area contributed by atoms with Crippen molar-refractivity contribution in [1.82, 2.24) is 20.3 Å². The number of nitrogens with zero attached hydrogens (tertiary/aromatic N) is 4. The molecule has 4 aromatic rings. The van der Waals surface area contributed by atoms with E-state index in [1.165, 1.54) is 0 Å². The van der Waals surface area contributed by atoms with Crippen LogP contribution in [-0.2, 0) is 16.1 Å². The Morgan fingerprint density at radius 3 is 2.54 bits per heavy atom. The van der Waals surface area contributed by atoms with Gasteiger partial charge >= 0.3 is 0 Å². The fourth-order valence-electron chi connectivity index (χ4n) is 4.73. The summed E-state index contributed by atoms with van der Waals surface area (Å²) in [7, 11) is 0. The zero-order valence-electron chi connectivity index (χ0n) is 22.5. The number of fused-ring (bicyclic) bond motifs is 2. The lowest BCUT2D eigenvalue weighted by Gasteiger charge is -2.33. The molecular formula is C30H33N5O4. The summed E-state index contributed by atoms with van der Waals surface area (Å²) in [4.78, 5) is 29.7. The van der Waals surface area contributed by atoms with Gasteiger partial charge in [0.2, 0.25) is 11.8 Å². The van der Waals surface area contributed by atoms with E-state index in [1.807, 2.05) is 55.5 Å². The van der Waals surface area contributed by atoms with Crippen molar-refractivity contribution < 1.29 is 19.1 Å². The second kappa shape index (κ2) is 11.6. The molecule has 1 atom stereocenters. The number of ether oxygens (including phenoxy) is 2. The Morgan fingerprint density at radius 2 is 1.74 bits per heavy atom. The van der Waals surface area contributed by atoms with Gasteiger partial charge in [-0.15, -0.1) is 5.10 Å². The summed E-state index contributed by atoms with van der Waals surface area (Å²) in [6, 6.07) is 19.5. The minimum atomic E-state index is -0.914. The number of amides is 2. The molecule has 9 nitrogen and oxygen atoms in total. The average Bonchev–Trinajstić information content (AvgIpc) is 3.34. The van der Waals surface area contributed by atoms with E-state index in [0.717, 1.165) is 23.1 Å². The van der Waals surface area contributed by atoms with Crippen LogP contribution in [0, 0.1) is 12.8 Å². The van der Waals surface area contributed by atoms with Crippen molar-refractivity contribution in [2.45, 2.75) is 39.8 Å². The highest BCUT2D eigenvalue weighted by atomic mass is 16.6. The number of hydrogen-bond acceptors (Lipinski definition) is 6. The van der Waals surface area contributed by atoms with Gasteiger partial charge in [0.15, 0.2) is 11.5 Å². The van der Waals surface area contributed by atoms with Crippen molar-refractivity contribution in [3.05, 3.63) is 77.9 Å². The molecule has 39 heavy (non-hydrogen) atoms. The number of aryl methyl sites for hydroxylation is 1. The Labute approximate surface area is 227 Å². The number of para-hydroxylation sites is 1. The predicted octanol–water partition coefficient (Wildman–Crippen LogP) is 4.45. The highest BCUT2D eigenvalue weighted by molar-refractivity contribution is 6.02. The topological polar surface area (TPSA) is 98.6 Å². The molecule has 9 heteroatoms. The molecule has 1 aliphatic rings. The van der Waals surface area contributed by atoms with Gasteiger partial charge in [0, 0.05) is 18.3 Å². The van der Waals surface area contributed by atoms with Crippen LogP contribution in [0.4, 0.5) is 5.69 Å². The summed E-state index contributed by atoms with van der Waals surface area (Å²) in [6.45, 7) is 7.44. The number of carbonyl (C=O) groups is 2. The van der Waals surface area contributed by atoms with Gasteiger partial charge in [-0.05, 0) is 54.7 Å². The Kier molecular flexibility index (Phi) is 7.76. The third-order valence-electron chi connectivity index (χ3n) is 6.79. The van der Waals surface area contributed by atoms with E-state index in [2.05, 4.69) is 29.5 Å². The van der Waals surface area contributed by atoms with Gasteiger partial charge in [0.1, 0.15) is 31.3 Å². The summed E-state index contributed by atoms with van der Waals surface area (Å²) in [5.41, 5.74) is 3.61. The molecule has 0 radical (unpaired) electrons. The van der Waals surface area contributed by atoms with Crippen molar-refractivity contribution in [2.24, 2.45) is 5.92 Å². The van der Waals surface area contributed by atoms with Crippen LogP contribution in [0.3, 0.4) is 0 Å². The second-order valence-corrected chi connectivity index (χ2v) is 10.1. The lowest BCUT2D eigenvalue weighted by Crippen LogP contribution is -2.46. The molecule has 3 aromatic carbocycles. The van der Waals surface area contributed by atoms with Gasteiger partial charge in [-0.3, -0.25) is 14.5 Å². The first-order valence-corrected chi connectivity index (χ1v) is 13.3. The molecular weight excluding hydrogens is 494 g/mol. The molecule has 0 bridgehead atoms. The van der Waals surface area contributed by atoms with Crippen LogP contribution in [-0.4, -0.2) is 46.6 Å². The first-order chi connectivity index (χ1) is 18.9. The van der Waals surface area contributed by atoms with Crippen LogP contribution in [0.2, 0.25) is 0 Å². The molecule has 1 N–H and O–H groups in total. The molecule has 0 aliphatic carbocycles. The normalized spacial score (nSPS) is 13.3. The zero-order valence-corrected chi connectivity index (χ0v) is 22.5. The molecule has 0 saturated carbocycles. The van der Waals surface area contributed by atoms with Crippen LogP contribution in [0.15, 0.2) is 66.7 Å². The number of nitrogens with one attached hydrogen (secondary N) is 1. The SMILES string of the molecule is Cc1ccccc1[C@H](C(=O)NCCC(C)C)N(C(=O)Cn1nnc2ccccc21)c1ccc2c(c1)OCCO2. The fourth-order valence-corrected chi connectivity index (χ4v) is 4.73. The number of carbonyl (C=O) groups excluding carboxylic acids is 2. The maximum atomic E-state index is 14.2.